The van der Waals surface area contributed by atoms with Gasteiger partial charge in [0.2, 0.25) is 5.88 Å². The Labute approximate surface area is 101 Å². The average Bonchev–Trinajstić information content (AvgIpc) is 2.32. The van der Waals surface area contributed by atoms with E-state index < -0.39 is 5.97 Å². The molecule has 1 aromatic heterocycles. The molecule has 2 N–H and O–H groups in total. The summed E-state index contributed by atoms with van der Waals surface area (Å²) in [5, 5.41) is 0. The van der Waals surface area contributed by atoms with Gasteiger partial charge in [0.15, 0.2) is 0 Å². The maximum absolute atomic E-state index is 11.6. The largest absolute Gasteiger partial charge is 0.473 e. The van der Waals surface area contributed by atoms with E-state index in [2.05, 4.69) is 4.98 Å². The number of hydrogen-bond donors (Lipinski definition) is 1. The van der Waals surface area contributed by atoms with Crippen LogP contribution < -0.4 is 10.5 Å². The first kappa shape index (κ1) is 13.3. The molecule has 1 rings (SSSR count). The summed E-state index contributed by atoms with van der Waals surface area (Å²) in [5.74, 6) is -0.175. The molecule has 0 bridgehead atoms. The van der Waals surface area contributed by atoms with E-state index in [1.165, 1.54) is 12.3 Å². The molecule has 0 saturated carbocycles. The van der Waals surface area contributed by atoms with E-state index in [4.69, 9.17) is 15.2 Å². The summed E-state index contributed by atoms with van der Waals surface area (Å²) < 4.78 is 10.4. The number of nitrogen functional groups attached to an aromatic ring is 1. The molecule has 0 aliphatic rings. The molecule has 0 spiro atoms. The highest BCUT2D eigenvalue weighted by molar-refractivity contribution is 5.96. The third-order valence-corrected chi connectivity index (χ3v) is 2.34. The van der Waals surface area contributed by atoms with Gasteiger partial charge in [-0.1, -0.05) is 6.92 Å². The van der Waals surface area contributed by atoms with E-state index in [0.717, 1.165) is 6.42 Å². The van der Waals surface area contributed by atoms with Crippen molar-refractivity contribution in [1.82, 2.24) is 4.98 Å². The first-order valence-electron chi connectivity index (χ1n) is 5.68. The van der Waals surface area contributed by atoms with Gasteiger partial charge in [0, 0.05) is 6.20 Å². The van der Waals surface area contributed by atoms with Crippen molar-refractivity contribution in [2.75, 3.05) is 12.3 Å². The standard InChI is InChI=1S/C12H18N2O3/c1-4-8(3)17-11-10(13)9(6-7-14-11)12(15)16-5-2/h6-8H,4-5,13H2,1-3H3. The predicted octanol–water partition coefficient (Wildman–Crippen LogP) is 2.02. The number of ether oxygens (including phenoxy) is 2. The Bertz CT molecular complexity index is 393. The van der Waals surface area contributed by atoms with Crippen LogP contribution in [0.4, 0.5) is 5.69 Å². The van der Waals surface area contributed by atoms with Crippen LogP contribution in [0.3, 0.4) is 0 Å². The first-order chi connectivity index (χ1) is 8.10. The van der Waals surface area contributed by atoms with Crippen LogP contribution in [-0.2, 0) is 4.74 Å². The summed E-state index contributed by atoms with van der Waals surface area (Å²) in [7, 11) is 0. The van der Waals surface area contributed by atoms with Crippen LogP contribution in [0.1, 0.15) is 37.6 Å². The third kappa shape index (κ3) is 3.34. The molecule has 5 nitrogen and oxygen atoms in total. The lowest BCUT2D eigenvalue weighted by atomic mass is 10.2. The molecule has 1 unspecified atom stereocenters. The van der Waals surface area contributed by atoms with Gasteiger partial charge in [-0.05, 0) is 26.3 Å². The SMILES string of the molecule is CCOC(=O)c1ccnc(OC(C)CC)c1N. The fourth-order valence-electron chi connectivity index (χ4n) is 1.21. The molecule has 0 aliphatic heterocycles. The van der Waals surface area contributed by atoms with E-state index >= 15 is 0 Å². The van der Waals surface area contributed by atoms with Crippen LogP contribution in [0.25, 0.3) is 0 Å². The van der Waals surface area contributed by atoms with Gasteiger partial charge in [-0.25, -0.2) is 9.78 Å². The number of esters is 1. The van der Waals surface area contributed by atoms with Crippen molar-refractivity contribution in [1.29, 1.82) is 0 Å². The van der Waals surface area contributed by atoms with Crippen molar-refractivity contribution in [3.63, 3.8) is 0 Å². The Kier molecular flexibility index (Phi) is 4.75. The Morgan fingerprint density at radius 1 is 1.53 bits per heavy atom. The molecular formula is C12H18N2O3. The predicted molar refractivity (Wildman–Crippen MR) is 65.0 cm³/mol. The van der Waals surface area contributed by atoms with Gasteiger partial charge in [0.05, 0.1) is 18.3 Å². The topological polar surface area (TPSA) is 74.4 Å². The van der Waals surface area contributed by atoms with E-state index in [1.54, 1.807) is 6.92 Å². The fourth-order valence-corrected chi connectivity index (χ4v) is 1.21. The minimum Gasteiger partial charge on any atom is -0.473 e. The second-order valence-electron chi connectivity index (χ2n) is 3.63. The number of anilines is 1. The van der Waals surface area contributed by atoms with Crippen molar-refractivity contribution >= 4 is 11.7 Å². The second-order valence-corrected chi connectivity index (χ2v) is 3.63. The summed E-state index contributed by atoms with van der Waals surface area (Å²) in [4.78, 5) is 15.6. The zero-order chi connectivity index (χ0) is 12.8. The lowest BCUT2D eigenvalue weighted by Crippen LogP contribution is -2.15. The number of pyridine rings is 1. The lowest BCUT2D eigenvalue weighted by Gasteiger charge is -2.14. The summed E-state index contributed by atoms with van der Waals surface area (Å²) in [6, 6.07) is 1.52. The molecule has 0 aromatic carbocycles. The zero-order valence-corrected chi connectivity index (χ0v) is 10.4. The van der Waals surface area contributed by atoms with Crippen molar-refractivity contribution in [2.45, 2.75) is 33.3 Å². The Hall–Kier alpha value is -1.78. The maximum atomic E-state index is 11.6. The maximum Gasteiger partial charge on any atom is 0.340 e. The van der Waals surface area contributed by atoms with Gasteiger partial charge in [-0.3, -0.25) is 0 Å². The van der Waals surface area contributed by atoms with Crippen LogP contribution in [0.2, 0.25) is 0 Å². The molecule has 1 aromatic rings. The average molecular weight is 238 g/mol. The van der Waals surface area contributed by atoms with Gasteiger partial charge in [0.25, 0.3) is 0 Å². The number of hydrogen-bond acceptors (Lipinski definition) is 5. The minimum absolute atomic E-state index is 0.00208. The van der Waals surface area contributed by atoms with E-state index in [9.17, 15) is 4.79 Å². The Balaban J connectivity index is 2.94. The number of aromatic nitrogens is 1. The highest BCUT2D eigenvalue weighted by Gasteiger charge is 2.16. The van der Waals surface area contributed by atoms with Crippen LogP contribution >= 0.6 is 0 Å². The highest BCUT2D eigenvalue weighted by Crippen LogP contribution is 2.24. The van der Waals surface area contributed by atoms with Crippen molar-refractivity contribution < 1.29 is 14.3 Å². The normalized spacial score (nSPS) is 11.9. The van der Waals surface area contributed by atoms with E-state index in [0.29, 0.717) is 12.2 Å². The monoisotopic (exact) mass is 238 g/mol. The van der Waals surface area contributed by atoms with Crippen LogP contribution in [0.5, 0.6) is 5.88 Å². The minimum atomic E-state index is -0.457. The fraction of sp³-hybridized carbons (Fsp3) is 0.500. The Morgan fingerprint density at radius 3 is 2.82 bits per heavy atom. The van der Waals surface area contributed by atoms with Crippen LogP contribution in [0.15, 0.2) is 12.3 Å². The van der Waals surface area contributed by atoms with Gasteiger partial charge in [-0.2, -0.15) is 0 Å². The third-order valence-electron chi connectivity index (χ3n) is 2.34. The van der Waals surface area contributed by atoms with Crippen molar-refractivity contribution in [3.05, 3.63) is 17.8 Å². The molecule has 0 amide bonds. The summed E-state index contributed by atoms with van der Waals surface area (Å²) in [5.41, 5.74) is 6.35. The summed E-state index contributed by atoms with van der Waals surface area (Å²) in [6.07, 6.45) is 2.33. The molecule has 5 heteroatoms. The van der Waals surface area contributed by atoms with Gasteiger partial charge < -0.3 is 15.2 Å². The summed E-state index contributed by atoms with van der Waals surface area (Å²) in [6.45, 7) is 5.96. The molecule has 1 heterocycles. The molecule has 94 valence electrons. The molecule has 0 fully saturated rings. The number of rotatable bonds is 5. The molecule has 0 saturated heterocycles. The molecule has 1 atom stereocenters. The second kappa shape index (κ2) is 6.08. The summed E-state index contributed by atoms with van der Waals surface area (Å²) >= 11 is 0. The molecule has 17 heavy (non-hydrogen) atoms. The molecular weight excluding hydrogens is 220 g/mol. The van der Waals surface area contributed by atoms with Crippen LogP contribution in [-0.4, -0.2) is 23.7 Å². The van der Waals surface area contributed by atoms with Gasteiger partial charge >= 0.3 is 5.97 Å². The van der Waals surface area contributed by atoms with Gasteiger partial charge in [0.1, 0.15) is 5.69 Å². The van der Waals surface area contributed by atoms with E-state index in [1.807, 2.05) is 13.8 Å². The lowest BCUT2D eigenvalue weighted by molar-refractivity contribution is 0.0526. The number of nitrogens with zero attached hydrogens (tertiary/aromatic N) is 1. The number of carbonyl (C=O) groups is 1. The highest BCUT2D eigenvalue weighted by atomic mass is 16.5. The van der Waals surface area contributed by atoms with E-state index in [-0.39, 0.29) is 17.7 Å². The van der Waals surface area contributed by atoms with Crippen molar-refractivity contribution in [2.24, 2.45) is 0 Å². The zero-order valence-electron chi connectivity index (χ0n) is 10.4. The quantitative estimate of drug-likeness (QED) is 0.794. The van der Waals surface area contributed by atoms with Gasteiger partial charge in [-0.15, -0.1) is 0 Å². The van der Waals surface area contributed by atoms with Crippen molar-refractivity contribution in [3.8, 4) is 5.88 Å². The Morgan fingerprint density at radius 2 is 2.24 bits per heavy atom. The molecule has 0 aliphatic carbocycles. The van der Waals surface area contributed by atoms with Crippen LogP contribution in [0, 0.1) is 0 Å². The molecule has 0 radical (unpaired) electrons. The number of nitrogens with two attached hydrogens (primary N) is 1. The number of carbonyl (C=O) groups excluding carboxylic acids is 1. The smallest absolute Gasteiger partial charge is 0.340 e. The first-order valence-corrected chi connectivity index (χ1v) is 5.68.